The van der Waals surface area contributed by atoms with Gasteiger partial charge >= 0.3 is 0 Å². The van der Waals surface area contributed by atoms with Gasteiger partial charge in [-0.05, 0) is 64.8 Å². The Kier molecular flexibility index (Phi) is 7.65. The predicted octanol–water partition coefficient (Wildman–Crippen LogP) is 7.11. The van der Waals surface area contributed by atoms with E-state index in [-0.39, 0.29) is 22.4 Å². The Morgan fingerprint density at radius 3 is 2.47 bits per heavy atom. The standard InChI is InChI=1S/C25H18BrF2NO3S2/c1-2-31-21-12-15(11-17(26)23(21)32-14-16-7-3-4-8-18(16)27)13-22-24(30)29(25(33)34-22)20-10-6-5-9-19(20)28/h3-13H,2,14H2,1H3/b22-13+. The third-order valence-corrected chi connectivity index (χ3v) is 6.74. The fourth-order valence-corrected chi connectivity index (χ4v) is 5.16. The Hall–Kier alpha value is -2.75. The summed E-state index contributed by atoms with van der Waals surface area (Å²) < 4.78 is 40.7. The highest BCUT2D eigenvalue weighted by atomic mass is 79.9. The molecule has 0 spiro atoms. The zero-order valence-corrected chi connectivity index (χ0v) is 21.1. The van der Waals surface area contributed by atoms with Crippen LogP contribution in [0.4, 0.5) is 14.5 Å². The van der Waals surface area contributed by atoms with Gasteiger partial charge in [-0.25, -0.2) is 8.78 Å². The Labute approximate surface area is 213 Å². The van der Waals surface area contributed by atoms with Crippen LogP contribution < -0.4 is 14.4 Å². The minimum Gasteiger partial charge on any atom is -0.490 e. The van der Waals surface area contributed by atoms with Gasteiger partial charge in [0, 0.05) is 5.56 Å². The van der Waals surface area contributed by atoms with Crippen molar-refractivity contribution in [3.05, 3.63) is 92.8 Å². The molecule has 0 atom stereocenters. The van der Waals surface area contributed by atoms with E-state index in [4.69, 9.17) is 21.7 Å². The van der Waals surface area contributed by atoms with E-state index in [1.54, 1.807) is 48.5 Å². The maximum absolute atomic E-state index is 14.3. The number of amides is 1. The third-order valence-electron chi connectivity index (χ3n) is 4.85. The lowest BCUT2D eigenvalue weighted by molar-refractivity contribution is -0.113. The molecule has 3 aromatic rings. The molecule has 3 aromatic carbocycles. The van der Waals surface area contributed by atoms with Gasteiger partial charge in [0.2, 0.25) is 0 Å². The van der Waals surface area contributed by atoms with Gasteiger partial charge in [-0.15, -0.1) is 0 Å². The molecule has 1 amide bonds. The number of halogens is 3. The van der Waals surface area contributed by atoms with E-state index in [1.165, 1.54) is 23.1 Å². The SMILES string of the molecule is CCOc1cc(/C=C2/SC(=S)N(c3ccccc3F)C2=O)cc(Br)c1OCc1ccccc1F. The monoisotopic (exact) mass is 561 g/mol. The highest BCUT2D eigenvalue weighted by Gasteiger charge is 2.34. The molecule has 174 valence electrons. The van der Waals surface area contributed by atoms with E-state index in [9.17, 15) is 13.6 Å². The molecule has 9 heteroatoms. The molecule has 1 fully saturated rings. The van der Waals surface area contributed by atoms with E-state index in [0.717, 1.165) is 11.8 Å². The molecule has 1 saturated heterocycles. The average molecular weight is 562 g/mol. The molecule has 4 nitrogen and oxygen atoms in total. The second kappa shape index (κ2) is 10.7. The number of anilines is 1. The summed E-state index contributed by atoms with van der Waals surface area (Å²) in [6.07, 6.45) is 1.66. The number of ether oxygens (including phenoxy) is 2. The molecule has 1 aliphatic rings. The molecule has 0 bridgehead atoms. The summed E-state index contributed by atoms with van der Waals surface area (Å²) in [7, 11) is 0. The molecule has 0 unspecified atom stereocenters. The van der Waals surface area contributed by atoms with Crippen LogP contribution in [0.25, 0.3) is 6.08 Å². The first kappa shape index (κ1) is 24.4. The summed E-state index contributed by atoms with van der Waals surface area (Å²) in [5, 5.41) is 0. The Morgan fingerprint density at radius 2 is 1.76 bits per heavy atom. The zero-order chi connectivity index (χ0) is 24.2. The van der Waals surface area contributed by atoms with Crippen molar-refractivity contribution in [2.75, 3.05) is 11.5 Å². The van der Waals surface area contributed by atoms with Crippen molar-refractivity contribution in [1.82, 2.24) is 0 Å². The average Bonchev–Trinajstić information content (AvgIpc) is 3.07. The van der Waals surface area contributed by atoms with Crippen LogP contribution in [-0.2, 0) is 11.4 Å². The van der Waals surface area contributed by atoms with Crippen LogP contribution in [0.15, 0.2) is 70.0 Å². The molecular weight excluding hydrogens is 544 g/mol. The number of carbonyl (C=O) groups excluding carboxylic acids is 1. The summed E-state index contributed by atoms with van der Waals surface area (Å²) in [6.45, 7) is 2.23. The number of carbonyl (C=O) groups is 1. The van der Waals surface area contributed by atoms with Crippen molar-refractivity contribution in [1.29, 1.82) is 0 Å². The Morgan fingerprint density at radius 1 is 1.06 bits per heavy atom. The van der Waals surface area contributed by atoms with Gasteiger partial charge in [-0.3, -0.25) is 9.69 Å². The van der Waals surface area contributed by atoms with E-state index >= 15 is 0 Å². The number of rotatable bonds is 7. The number of hydrogen-bond donors (Lipinski definition) is 0. The number of nitrogens with zero attached hydrogens (tertiary/aromatic N) is 1. The normalized spacial score (nSPS) is 14.7. The summed E-state index contributed by atoms with van der Waals surface area (Å²) in [5.74, 6) is -0.442. The Bertz CT molecular complexity index is 1300. The number of benzene rings is 3. The molecule has 1 heterocycles. The summed E-state index contributed by atoms with van der Waals surface area (Å²) >= 11 is 9.91. The van der Waals surface area contributed by atoms with Crippen molar-refractivity contribution in [2.24, 2.45) is 0 Å². The van der Waals surface area contributed by atoms with Crippen molar-refractivity contribution >= 4 is 61.9 Å². The van der Waals surface area contributed by atoms with Gasteiger partial charge in [0.1, 0.15) is 18.2 Å². The maximum Gasteiger partial charge on any atom is 0.270 e. The second-order valence-corrected chi connectivity index (χ2v) is 9.64. The van der Waals surface area contributed by atoms with Crippen LogP contribution in [0, 0.1) is 11.6 Å². The fourth-order valence-electron chi connectivity index (χ4n) is 3.30. The molecular formula is C25H18BrF2NO3S2. The van der Waals surface area contributed by atoms with Gasteiger partial charge in [0.15, 0.2) is 15.8 Å². The first-order valence-corrected chi connectivity index (χ1v) is 12.3. The van der Waals surface area contributed by atoms with Gasteiger partial charge in [-0.2, -0.15) is 0 Å². The minimum absolute atomic E-state index is 0.0198. The van der Waals surface area contributed by atoms with Crippen LogP contribution in [-0.4, -0.2) is 16.8 Å². The van der Waals surface area contributed by atoms with Gasteiger partial charge in [0.25, 0.3) is 5.91 Å². The van der Waals surface area contributed by atoms with Crippen LogP contribution in [0.3, 0.4) is 0 Å². The lowest BCUT2D eigenvalue weighted by atomic mass is 10.1. The van der Waals surface area contributed by atoms with Crippen molar-refractivity contribution in [3.8, 4) is 11.5 Å². The molecule has 1 aliphatic heterocycles. The first-order chi connectivity index (χ1) is 16.4. The highest BCUT2D eigenvalue weighted by Crippen LogP contribution is 2.41. The quantitative estimate of drug-likeness (QED) is 0.227. The minimum atomic E-state index is -0.530. The molecule has 0 radical (unpaired) electrons. The maximum atomic E-state index is 14.3. The molecule has 0 N–H and O–H groups in total. The molecule has 0 aliphatic carbocycles. The number of para-hydroxylation sites is 1. The van der Waals surface area contributed by atoms with Crippen molar-refractivity contribution < 1.29 is 23.0 Å². The summed E-state index contributed by atoms with van der Waals surface area (Å²) in [5.41, 5.74) is 1.18. The van der Waals surface area contributed by atoms with Crippen molar-refractivity contribution in [3.63, 3.8) is 0 Å². The van der Waals surface area contributed by atoms with E-state index in [2.05, 4.69) is 15.9 Å². The van der Waals surface area contributed by atoms with Gasteiger partial charge in [0.05, 0.1) is 21.7 Å². The largest absolute Gasteiger partial charge is 0.490 e. The summed E-state index contributed by atoms with van der Waals surface area (Å²) in [6, 6.07) is 15.8. The van der Waals surface area contributed by atoms with Crippen LogP contribution in [0.5, 0.6) is 11.5 Å². The number of hydrogen-bond acceptors (Lipinski definition) is 5. The smallest absolute Gasteiger partial charge is 0.270 e. The van der Waals surface area contributed by atoms with Gasteiger partial charge in [-0.1, -0.05) is 54.3 Å². The van der Waals surface area contributed by atoms with Crippen LogP contribution in [0.2, 0.25) is 0 Å². The van der Waals surface area contributed by atoms with Crippen LogP contribution >= 0.6 is 39.9 Å². The third kappa shape index (κ3) is 5.16. The molecule has 0 saturated carbocycles. The molecule has 0 aromatic heterocycles. The van der Waals surface area contributed by atoms with E-state index in [0.29, 0.717) is 38.6 Å². The fraction of sp³-hybridized carbons (Fsp3) is 0.120. The lowest BCUT2D eigenvalue weighted by Crippen LogP contribution is -2.28. The topological polar surface area (TPSA) is 38.8 Å². The predicted molar refractivity (Wildman–Crippen MR) is 138 cm³/mol. The second-order valence-electron chi connectivity index (χ2n) is 7.11. The number of thiocarbonyl (C=S) groups is 1. The van der Waals surface area contributed by atoms with Crippen molar-refractivity contribution in [2.45, 2.75) is 13.5 Å². The zero-order valence-electron chi connectivity index (χ0n) is 17.9. The van der Waals surface area contributed by atoms with E-state index in [1.807, 2.05) is 6.92 Å². The highest BCUT2D eigenvalue weighted by molar-refractivity contribution is 9.10. The molecule has 4 rings (SSSR count). The molecule has 34 heavy (non-hydrogen) atoms. The van der Waals surface area contributed by atoms with Gasteiger partial charge < -0.3 is 9.47 Å². The van der Waals surface area contributed by atoms with Crippen LogP contribution in [0.1, 0.15) is 18.1 Å². The number of thioether (sulfide) groups is 1. The lowest BCUT2D eigenvalue weighted by Gasteiger charge is -2.15. The summed E-state index contributed by atoms with van der Waals surface area (Å²) in [4.78, 5) is 14.5. The van der Waals surface area contributed by atoms with E-state index < -0.39 is 11.7 Å². The first-order valence-electron chi connectivity index (χ1n) is 10.2. The Balaban J connectivity index is 1.62.